The third-order valence-corrected chi connectivity index (χ3v) is 5.89. The Morgan fingerprint density at radius 1 is 1.10 bits per heavy atom. The van der Waals surface area contributed by atoms with Crippen LogP contribution in [0.15, 0.2) is 39.9 Å². The molecule has 4 aromatic rings. The predicted octanol–water partition coefficient (Wildman–Crippen LogP) is 2.41. The van der Waals surface area contributed by atoms with E-state index in [9.17, 15) is 9.59 Å². The number of imidazole rings is 2. The number of rotatable bonds is 6. The quantitative estimate of drug-likeness (QED) is 0.458. The van der Waals surface area contributed by atoms with Crippen molar-refractivity contribution in [2.75, 3.05) is 13.2 Å². The zero-order valence-electron chi connectivity index (χ0n) is 18.0. The highest BCUT2D eigenvalue weighted by Crippen LogP contribution is 2.27. The van der Waals surface area contributed by atoms with Crippen LogP contribution in [0.4, 0.5) is 0 Å². The molecule has 0 bridgehead atoms. The van der Waals surface area contributed by atoms with E-state index in [4.69, 9.17) is 9.72 Å². The van der Waals surface area contributed by atoms with Crippen LogP contribution in [0.3, 0.4) is 0 Å². The molecule has 3 aromatic heterocycles. The van der Waals surface area contributed by atoms with Crippen LogP contribution in [0.25, 0.3) is 16.9 Å². The Balaban J connectivity index is 2.02. The summed E-state index contributed by atoms with van der Waals surface area (Å²) in [5.41, 5.74) is 3.20. The summed E-state index contributed by atoms with van der Waals surface area (Å²) in [6.45, 7) is 9.06. The molecule has 0 N–H and O–H groups in total. The van der Waals surface area contributed by atoms with Crippen LogP contribution >= 0.6 is 0 Å². The van der Waals surface area contributed by atoms with Gasteiger partial charge in [0.2, 0.25) is 5.78 Å². The molecule has 30 heavy (non-hydrogen) atoms. The van der Waals surface area contributed by atoms with Gasteiger partial charge in [0.1, 0.15) is 0 Å². The third-order valence-electron chi connectivity index (χ3n) is 5.89. The van der Waals surface area contributed by atoms with Gasteiger partial charge in [-0.15, -0.1) is 0 Å². The Bertz CT molecular complexity index is 1340. The van der Waals surface area contributed by atoms with Crippen molar-refractivity contribution >= 4 is 16.9 Å². The average molecular weight is 409 g/mol. The molecule has 0 saturated carbocycles. The Morgan fingerprint density at radius 2 is 1.80 bits per heavy atom. The van der Waals surface area contributed by atoms with Gasteiger partial charge in [-0.1, -0.05) is 30.3 Å². The Morgan fingerprint density at radius 3 is 2.47 bits per heavy atom. The van der Waals surface area contributed by atoms with Crippen molar-refractivity contribution in [2.45, 2.75) is 40.3 Å². The van der Waals surface area contributed by atoms with Crippen molar-refractivity contribution < 1.29 is 4.74 Å². The molecular formula is C22H27N5O3. The van der Waals surface area contributed by atoms with E-state index >= 15 is 0 Å². The van der Waals surface area contributed by atoms with E-state index in [1.54, 1.807) is 7.05 Å². The summed E-state index contributed by atoms with van der Waals surface area (Å²) in [6, 6.07) is 10.2. The number of benzene rings is 1. The smallest absolute Gasteiger partial charge is 0.332 e. The Hall–Kier alpha value is -3.13. The highest BCUT2D eigenvalue weighted by Gasteiger charge is 2.24. The fraction of sp³-hybridized carbons (Fsp3) is 0.409. The van der Waals surface area contributed by atoms with E-state index in [0.717, 1.165) is 17.0 Å². The lowest BCUT2D eigenvalue weighted by Gasteiger charge is -2.16. The van der Waals surface area contributed by atoms with Crippen molar-refractivity contribution in [3.05, 3.63) is 68.1 Å². The summed E-state index contributed by atoms with van der Waals surface area (Å²) in [6.07, 6.45) is 0. The molecule has 0 fully saturated rings. The van der Waals surface area contributed by atoms with Crippen LogP contribution in [0, 0.1) is 13.8 Å². The highest BCUT2D eigenvalue weighted by molar-refractivity contribution is 5.76. The lowest BCUT2D eigenvalue weighted by atomic mass is 10.1. The van der Waals surface area contributed by atoms with Gasteiger partial charge < -0.3 is 9.30 Å². The molecule has 0 amide bonds. The van der Waals surface area contributed by atoms with Crippen LogP contribution in [-0.2, 0) is 18.3 Å². The van der Waals surface area contributed by atoms with E-state index in [0.29, 0.717) is 30.2 Å². The second-order valence-electron chi connectivity index (χ2n) is 7.54. The summed E-state index contributed by atoms with van der Waals surface area (Å²) in [7, 11) is 1.65. The lowest BCUT2D eigenvalue weighted by Crippen LogP contribution is -2.40. The van der Waals surface area contributed by atoms with Crippen molar-refractivity contribution in [3.8, 4) is 0 Å². The zero-order chi connectivity index (χ0) is 21.6. The number of hydrogen-bond acceptors (Lipinski definition) is 4. The van der Waals surface area contributed by atoms with Gasteiger partial charge in [0.05, 0.1) is 19.2 Å². The van der Waals surface area contributed by atoms with Crippen LogP contribution in [0.2, 0.25) is 0 Å². The third kappa shape index (κ3) is 2.90. The van der Waals surface area contributed by atoms with Gasteiger partial charge in [-0.05, 0) is 33.3 Å². The molecule has 0 saturated heterocycles. The van der Waals surface area contributed by atoms with Crippen molar-refractivity contribution in [3.63, 3.8) is 0 Å². The summed E-state index contributed by atoms with van der Waals surface area (Å²) in [5, 5.41) is 0. The molecule has 8 nitrogen and oxygen atoms in total. The van der Waals surface area contributed by atoms with Gasteiger partial charge in [-0.25, -0.2) is 4.79 Å². The molecule has 1 atom stereocenters. The summed E-state index contributed by atoms with van der Waals surface area (Å²) in [4.78, 5) is 30.9. The second kappa shape index (κ2) is 7.60. The molecule has 1 aromatic carbocycles. The van der Waals surface area contributed by atoms with Crippen LogP contribution in [0.5, 0.6) is 0 Å². The molecule has 0 aliphatic heterocycles. The minimum atomic E-state index is -0.384. The summed E-state index contributed by atoms with van der Waals surface area (Å²) < 4.78 is 12.0. The largest absolute Gasteiger partial charge is 0.380 e. The molecule has 0 radical (unpaired) electrons. The molecule has 4 rings (SSSR count). The second-order valence-corrected chi connectivity index (χ2v) is 7.54. The topological polar surface area (TPSA) is 75.5 Å². The summed E-state index contributed by atoms with van der Waals surface area (Å²) in [5.74, 6) is 0.658. The molecule has 0 aliphatic rings. The lowest BCUT2D eigenvalue weighted by molar-refractivity contribution is 0.137. The number of fused-ring (bicyclic) bond motifs is 3. The fourth-order valence-corrected chi connectivity index (χ4v) is 4.12. The van der Waals surface area contributed by atoms with Gasteiger partial charge >= 0.3 is 5.69 Å². The van der Waals surface area contributed by atoms with Crippen molar-refractivity contribution in [1.82, 2.24) is 23.1 Å². The first kappa shape index (κ1) is 20.2. The van der Waals surface area contributed by atoms with Crippen LogP contribution < -0.4 is 11.2 Å². The van der Waals surface area contributed by atoms with E-state index < -0.39 is 0 Å². The van der Waals surface area contributed by atoms with Gasteiger partial charge in [-0.2, -0.15) is 4.98 Å². The molecule has 1 unspecified atom stereocenters. The van der Waals surface area contributed by atoms with Gasteiger partial charge in [0.15, 0.2) is 11.2 Å². The Kier molecular flexibility index (Phi) is 5.11. The maximum absolute atomic E-state index is 13.3. The maximum Gasteiger partial charge on any atom is 0.332 e. The molecule has 158 valence electrons. The predicted molar refractivity (Wildman–Crippen MR) is 116 cm³/mol. The van der Waals surface area contributed by atoms with Crippen molar-refractivity contribution in [2.24, 2.45) is 7.05 Å². The van der Waals surface area contributed by atoms with E-state index in [1.165, 1.54) is 9.13 Å². The zero-order valence-corrected chi connectivity index (χ0v) is 18.0. The Labute approximate surface area is 174 Å². The standard InChI is InChI=1S/C22H27N5O3/c1-6-30-13-12-25-20(28)18-19(24(5)22(25)29)23-21-26(14(2)15(3)27(18)21)16(4)17-10-8-7-9-11-17/h7-11,16H,6,12-13H2,1-5H3. The minimum absolute atomic E-state index is 0.0245. The molecule has 0 spiro atoms. The number of ether oxygens (including phenoxy) is 1. The molecule has 3 heterocycles. The van der Waals surface area contributed by atoms with E-state index in [2.05, 4.69) is 23.6 Å². The molecule has 0 aliphatic carbocycles. The van der Waals surface area contributed by atoms with Gasteiger partial charge in [-0.3, -0.25) is 18.3 Å². The molecular weight excluding hydrogens is 382 g/mol. The van der Waals surface area contributed by atoms with Crippen molar-refractivity contribution in [1.29, 1.82) is 0 Å². The first-order valence-electron chi connectivity index (χ1n) is 10.2. The number of nitrogens with zero attached hydrogens (tertiary/aromatic N) is 5. The van der Waals surface area contributed by atoms with Gasteiger partial charge in [0, 0.05) is 25.0 Å². The fourth-order valence-electron chi connectivity index (χ4n) is 4.12. The SMILES string of the molecule is CCOCCn1c(=O)c2c(nc3n(C(C)c4ccccc4)c(C)c(C)n23)n(C)c1=O. The van der Waals surface area contributed by atoms with E-state index in [1.807, 2.05) is 43.4 Å². The first-order chi connectivity index (χ1) is 14.4. The number of aromatic nitrogens is 5. The first-order valence-corrected chi connectivity index (χ1v) is 10.2. The number of aryl methyl sites for hydroxylation is 2. The monoisotopic (exact) mass is 409 g/mol. The normalized spacial score (nSPS) is 12.8. The summed E-state index contributed by atoms with van der Waals surface area (Å²) >= 11 is 0. The molecule has 8 heteroatoms. The average Bonchev–Trinajstić information content (AvgIpc) is 3.25. The highest BCUT2D eigenvalue weighted by atomic mass is 16.5. The number of hydrogen-bond donors (Lipinski definition) is 0. The maximum atomic E-state index is 13.3. The van der Waals surface area contributed by atoms with Crippen LogP contribution in [0.1, 0.15) is 36.8 Å². The van der Waals surface area contributed by atoms with Crippen LogP contribution in [-0.4, -0.2) is 36.3 Å². The minimum Gasteiger partial charge on any atom is -0.380 e. The van der Waals surface area contributed by atoms with E-state index in [-0.39, 0.29) is 23.8 Å². The van der Waals surface area contributed by atoms with Gasteiger partial charge in [0.25, 0.3) is 5.56 Å².